The van der Waals surface area contributed by atoms with Crippen molar-refractivity contribution in [3.63, 3.8) is 0 Å². The molecule has 0 aliphatic heterocycles. The molecule has 1 aromatic carbocycles. The number of thiophene rings is 1. The van der Waals surface area contributed by atoms with Crippen LogP contribution in [0.3, 0.4) is 0 Å². The van der Waals surface area contributed by atoms with Gasteiger partial charge in [-0.25, -0.2) is 9.59 Å². The summed E-state index contributed by atoms with van der Waals surface area (Å²) in [5.41, 5.74) is 2.74. The van der Waals surface area contributed by atoms with Gasteiger partial charge in [0.05, 0.1) is 17.7 Å². The Hall–Kier alpha value is -2.67. The standard InChI is InChI=1S/C22H25NO5S/c1-4-27-22(26)18-16-10-5-6-11-17(16)29-20(18)23-19(24)14(3)28-21(25)15-9-7-8-13(2)12-15/h7-9,12,14H,4-6,10-11H2,1-3H3,(H,23,24)/t14-/m0/s1. The number of hydrogen-bond acceptors (Lipinski definition) is 6. The smallest absolute Gasteiger partial charge is 0.341 e. The van der Waals surface area contributed by atoms with Gasteiger partial charge in [0, 0.05) is 4.88 Å². The molecular weight excluding hydrogens is 390 g/mol. The third kappa shape index (κ3) is 4.85. The number of hydrogen-bond donors (Lipinski definition) is 1. The average Bonchev–Trinajstić information content (AvgIpc) is 3.05. The Balaban J connectivity index is 1.75. The van der Waals surface area contributed by atoms with E-state index >= 15 is 0 Å². The van der Waals surface area contributed by atoms with Gasteiger partial charge in [-0.2, -0.15) is 0 Å². The van der Waals surface area contributed by atoms with E-state index in [-0.39, 0.29) is 6.61 Å². The summed E-state index contributed by atoms with van der Waals surface area (Å²) in [6, 6.07) is 6.99. The molecule has 154 valence electrons. The molecule has 0 unspecified atom stereocenters. The van der Waals surface area contributed by atoms with Crippen molar-refractivity contribution in [1.82, 2.24) is 0 Å². The lowest BCUT2D eigenvalue weighted by atomic mass is 9.95. The molecule has 1 aromatic heterocycles. The van der Waals surface area contributed by atoms with Crippen LogP contribution in [0.2, 0.25) is 0 Å². The highest BCUT2D eigenvalue weighted by Gasteiger charge is 2.29. The van der Waals surface area contributed by atoms with E-state index in [1.807, 2.05) is 13.0 Å². The van der Waals surface area contributed by atoms with E-state index in [1.165, 1.54) is 18.3 Å². The molecule has 2 aromatic rings. The Morgan fingerprint density at radius 2 is 1.93 bits per heavy atom. The summed E-state index contributed by atoms with van der Waals surface area (Å²) < 4.78 is 10.5. The fourth-order valence-corrected chi connectivity index (χ4v) is 4.62. The quantitative estimate of drug-likeness (QED) is 0.712. The van der Waals surface area contributed by atoms with Gasteiger partial charge in [0.25, 0.3) is 5.91 Å². The van der Waals surface area contributed by atoms with E-state index in [1.54, 1.807) is 25.1 Å². The predicted octanol–water partition coefficient (Wildman–Crippen LogP) is 4.30. The second kappa shape index (κ2) is 9.22. The first-order valence-corrected chi connectivity index (χ1v) is 10.6. The second-order valence-electron chi connectivity index (χ2n) is 7.04. The molecule has 0 saturated carbocycles. The topological polar surface area (TPSA) is 81.7 Å². The number of aryl methyl sites for hydroxylation is 2. The zero-order valence-electron chi connectivity index (χ0n) is 16.9. The van der Waals surface area contributed by atoms with Crippen molar-refractivity contribution in [3.05, 3.63) is 51.4 Å². The molecule has 1 amide bonds. The molecule has 1 atom stereocenters. The zero-order chi connectivity index (χ0) is 21.0. The van der Waals surface area contributed by atoms with Gasteiger partial charge in [0.1, 0.15) is 5.00 Å². The minimum absolute atomic E-state index is 0.265. The summed E-state index contributed by atoms with van der Waals surface area (Å²) in [4.78, 5) is 38.6. The van der Waals surface area contributed by atoms with Crippen LogP contribution in [-0.4, -0.2) is 30.6 Å². The lowest BCUT2D eigenvalue weighted by Crippen LogP contribution is -2.30. The van der Waals surface area contributed by atoms with Crippen molar-refractivity contribution in [3.8, 4) is 0 Å². The number of nitrogens with one attached hydrogen (secondary N) is 1. The molecule has 7 heteroatoms. The number of carbonyl (C=O) groups is 3. The minimum Gasteiger partial charge on any atom is -0.462 e. The highest BCUT2D eigenvalue weighted by molar-refractivity contribution is 7.17. The van der Waals surface area contributed by atoms with Crippen molar-refractivity contribution in [1.29, 1.82) is 0 Å². The molecule has 0 fully saturated rings. The molecule has 1 N–H and O–H groups in total. The summed E-state index contributed by atoms with van der Waals surface area (Å²) in [5, 5.41) is 3.25. The Kier molecular flexibility index (Phi) is 6.69. The van der Waals surface area contributed by atoms with Crippen molar-refractivity contribution in [2.24, 2.45) is 0 Å². The van der Waals surface area contributed by atoms with E-state index in [0.717, 1.165) is 41.7 Å². The van der Waals surface area contributed by atoms with Crippen molar-refractivity contribution in [2.45, 2.75) is 52.6 Å². The van der Waals surface area contributed by atoms with Gasteiger partial charge in [0.2, 0.25) is 0 Å². The van der Waals surface area contributed by atoms with Crippen LogP contribution in [0.15, 0.2) is 24.3 Å². The maximum Gasteiger partial charge on any atom is 0.341 e. The highest BCUT2D eigenvalue weighted by Crippen LogP contribution is 2.38. The molecule has 6 nitrogen and oxygen atoms in total. The monoisotopic (exact) mass is 415 g/mol. The van der Waals surface area contributed by atoms with Crippen LogP contribution in [0.1, 0.15) is 63.4 Å². The molecule has 0 bridgehead atoms. The normalized spacial score (nSPS) is 13.9. The molecule has 1 aliphatic carbocycles. The van der Waals surface area contributed by atoms with Gasteiger partial charge < -0.3 is 14.8 Å². The number of benzene rings is 1. The fourth-order valence-electron chi connectivity index (χ4n) is 3.34. The lowest BCUT2D eigenvalue weighted by Gasteiger charge is -2.14. The number of esters is 2. The summed E-state index contributed by atoms with van der Waals surface area (Å²) in [6.45, 7) is 5.41. The first-order valence-electron chi connectivity index (χ1n) is 9.80. The highest BCUT2D eigenvalue weighted by atomic mass is 32.1. The SMILES string of the molecule is CCOC(=O)c1c(NC(=O)[C@H](C)OC(=O)c2cccc(C)c2)sc2c1CCCC2. The molecular formula is C22H25NO5S. The van der Waals surface area contributed by atoms with Gasteiger partial charge in [-0.1, -0.05) is 17.7 Å². The Morgan fingerprint density at radius 3 is 2.66 bits per heavy atom. The van der Waals surface area contributed by atoms with Crippen molar-refractivity contribution in [2.75, 3.05) is 11.9 Å². The summed E-state index contributed by atoms with van der Waals surface area (Å²) >= 11 is 1.41. The van der Waals surface area contributed by atoms with E-state index in [2.05, 4.69) is 5.32 Å². The summed E-state index contributed by atoms with van der Waals surface area (Å²) in [6.07, 6.45) is 2.76. The Morgan fingerprint density at radius 1 is 1.17 bits per heavy atom. The molecule has 0 saturated heterocycles. The van der Waals surface area contributed by atoms with Crippen molar-refractivity contribution < 1.29 is 23.9 Å². The first kappa shape index (κ1) is 21.0. The largest absolute Gasteiger partial charge is 0.462 e. The maximum absolute atomic E-state index is 12.7. The van der Waals surface area contributed by atoms with Crippen LogP contribution in [0.4, 0.5) is 5.00 Å². The summed E-state index contributed by atoms with van der Waals surface area (Å²) in [7, 11) is 0. The van der Waals surface area contributed by atoms with Crippen molar-refractivity contribution >= 4 is 34.2 Å². The second-order valence-corrected chi connectivity index (χ2v) is 8.15. The van der Waals surface area contributed by atoms with E-state index in [9.17, 15) is 14.4 Å². The fraction of sp³-hybridized carbons (Fsp3) is 0.409. The van der Waals surface area contributed by atoms with Crippen LogP contribution in [-0.2, 0) is 27.1 Å². The van der Waals surface area contributed by atoms with Crippen LogP contribution >= 0.6 is 11.3 Å². The van der Waals surface area contributed by atoms with Crippen LogP contribution in [0.25, 0.3) is 0 Å². The Bertz CT molecular complexity index is 933. The molecule has 29 heavy (non-hydrogen) atoms. The third-order valence-corrected chi connectivity index (χ3v) is 6.00. The number of anilines is 1. The number of rotatable bonds is 6. The predicted molar refractivity (Wildman–Crippen MR) is 112 cm³/mol. The molecule has 1 heterocycles. The molecule has 3 rings (SSSR count). The number of fused-ring (bicyclic) bond motifs is 1. The van der Waals surface area contributed by atoms with Crippen LogP contribution in [0, 0.1) is 6.92 Å². The van der Waals surface area contributed by atoms with Crippen LogP contribution in [0.5, 0.6) is 0 Å². The first-order chi connectivity index (χ1) is 13.9. The van der Waals surface area contributed by atoms with E-state index in [4.69, 9.17) is 9.47 Å². The number of carbonyl (C=O) groups excluding carboxylic acids is 3. The van der Waals surface area contributed by atoms with Gasteiger partial charge in [0.15, 0.2) is 6.10 Å². The average molecular weight is 416 g/mol. The van der Waals surface area contributed by atoms with Gasteiger partial charge in [-0.15, -0.1) is 11.3 Å². The van der Waals surface area contributed by atoms with E-state index < -0.39 is 23.9 Å². The molecule has 1 aliphatic rings. The summed E-state index contributed by atoms with van der Waals surface area (Å²) in [5.74, 6) is -1.46. The lowest BCUT2D eigenvalue weighted by molar-refractivity contribution is -0.123. The maximum atomic E-state index is 12.7. The zero-order valence-corrected chi connectivity index (χ0v) is 17.7. The minimum atomic E-state index is -1.00. The van der Waals surface area contributed by atoms with Gasteiger partial charge in [-0.3, -0.25) is 4.79 Å². The molecule has 0 radical (unpaired) electrons. The van der Waals surface area contributed by atoms with Crippen LogP contribution < -0.4 is 5.32 Å². The van der Waals surface area contributed by atoms with Gasteiger partial charge in [-0.05, 0) is 64.2 Å². The number of ether oxygens (including phenoxy) is 2. The van der Waals surface area contributed by atoms with Gasteiger partial charge >= 0.3 is 11.9 Å². The Labute approximate surface area is 174 Å². The molecule has 0 spiro atoms. The third-order valence-electron chi connectivity index (χ3n) is 4.79. The van der Waals surface area contributed by atoms with E-state index in [0.29, 0.717) is 16.1 Å². The number of amides is 1.